The standard InChI is InChI=1S/C11H9BrClN3O2/c1-2-18-11(17)10-9(14-16-15-10)7-4-3-6(13)5-8(7)12/h3-5H,2H2,1H3,(H,14,15,16). The Balaban J connectivity index is 2.45. The van der Waals surface area contributed by atoms with Crippen molar-refractivity contribution in [3.8, 4) is 11.3 Å². The van der Waals surface area contributed by atoms with Crippen LogP contribution in [0.15, 0.2) is 22.7 Å². The largest absolute Gasteiger partial charge is 0.461 e. The molecule has 0 radical (unpaired) electrons. The fourth-order valence-corrected chi connectivity index (χ4v) is 2.31. The molecule has 2 rings (SSSR count). The molecule has 5 nitrogen and oxygen atoms in total. The number of aromatic nitrogens is 3. The molecule has 0 unspecified atom stereocenters. The number of benzene rings is 1. The Morgan fingerprint density at radius 1 is 1.50 bits per heavy atom. The second kappa shape index (κ2) is 5.49. The van der Waals surface area contributed by atoms with Gasteiger partial charge in [-0.3, -0.25) is 0 Å². The predicted molar refractivity (Wildman–Crippen MR) is 70.5 cm³/mol. The van der Waals surface area contributed by atoms with Crippen molar-refractivity contribution in [3.05, 3.63) is 33.4 Å². The molecule has 2 aromatic rings. The van der Waals surface area contributed by atoms with Gasteiger partial charge < -0.3 is 4.74 Å². The molecular formula is C11H9BrClN3O2. The summed E-state index contributed by atoms with van der Waals surface area (Å²) in [6.45, 7) is 2.02. The lowest BCUT2D eigenvalue weighted by Gasteiger charge is -2.03. The van der Waals surface area contributed by atoms with Crippen LogP contribution in [-0.2, 0) is 4.74 Å². The average Bonchev–Trinajstić information content (AvgIpc) is 2.78. The smallest absolute Gasteiger partial charge is 0.361 e. The van der Waals surface area contributed by atoms with E-state index in [9.17, 15) is 4.79 Å². The van der Waals surface area contributed by atoms with Crippen LogP contribution in [0.3, 0.4) is 0 Å². The summed E-state index contributed by atoms with van der Waals surface area (Å²) in [6.07, 6.45) is 0. The number of carbonyl (C=O) groups is 1. The highest BCUT2D eigenvalue weighted by Crippen LogP contribution is 2.30. The fourth-order valence-electron chi connectivity index (χ4n) is 1.44. The van der Waals surface area contributed by atoms with Crippen LogP contribution in [0.4, 0.5) is 0 Å². The third kappa shape index (κ3) is 2.54. The van der Waals surface area contributed by atoms with Gasteiger partial charge in [-0.2, -0.15) is 10.3 Å². The molecule has 0 saturated carbocycles. The van der Waals surface area contributed by atoms with Gasteiger partial charge >= 0.3 is 5.97 Å². The number of esters is 1. The van der Waals surface area contributed by atoms with Gasteiger partial charge in [0.2, 0.25) is 0 Å². The summed E-state index contributed by atoms with van der Waals surface area (Å²) in [7, 11) is 0. The monoisotopic (exact) mass is 329 g/mol. The van der Waals surface area contributed by atoms with Gasteiger partial charge in [0.05, 0.1) is 6.61 Å². The highest BCUT2D eigenvalue weighted by molar-refractivity contribution is 9.10. The second-order valence-corrected chi connectivity index (χ2v) is 4.66. The summed E-state index contributed by atoms with van der Waals surface area (Å²) in [5, 5.41) is 10.8. The first-order valence-electron chi connectivity index (χ1n) is 5.16. The maximum absolute atomic E-state index is 11.7. The van der Waals surface area contributed by atoms with Crippen molar-refractivity contribution in [2.24, 2.45) is 0 Å². The quantitative estimate of drug-likeness (QED) is 0.878. The lowest BCUT2D eigenvalue weighted by Crippen LogP contribution is -2.06. The van der Waals surface area contributed by atoms with Crippen LogP contribution in [-0.4, -0.2) is 28.0 Å². The highest BCUT2D eigenvalue weighted by Gasteiger charge is 2.20. The Labute approximate surface area is 117 Å². The van der Waals surface area contributed by atoms with Gasteiger partial charge in [-0.25, -0.2) is 4.79 Å². The van der Waals surface area contributed by atoms with E-state index in [1.54, 1.807) is 25.1 Å². The average molecular weight is 331 g/mol. The minimum Gasteiger partial charge on any atom is -0.461 e. The van der Waals surface area contributed by atoms with Gasteiger partial charge in [-0.1, -0.05) is 33.6 Å². The van der Waals surface area contributed by atoms with Crippen LogP contribution in [0.2, 0.25) is 5.02 Å². The van der Waals surface area contributed by atoms with Crippen LogP contribution in [0.5, 0.6) is 0 Å². The second-order valence-electron chi connectivity index (χ2n) is 3.37. The molecule has 1 aromatic carbocycles. The van der Waals surface area contributed by atoms with E-state index in [1.807, 2.05) is 0 Å². The molecule has 7 heteroatoms. The molecule has 1 aromatic heterocycles. The molecule has 0 amide bonds. The van der Waals surface area contributed by atoms with E-state index >= 15 is 0 Å². The molecule has 1 N–H and O–H groups in total. The summed E-state index contributed by atoms with van der Waals surface area (Å²) in [6, 6.07) is 5.19. The normalized spacial score (nSPS) is 10.4. The Morgan fingerprint density at radius 2 is 2.28 bits per heavy atom. The topological polar surface area (TPSA) is 67.9 Å². The van der Waals surface area contributed by atoms with Crippen LogP contribution < -0.4 is 0 Å². The molecule has 0 fully saturated rings. The number of H-pyrrole nitrogens is 1. The third-order valence-electron chi connectivity index (χ3n) is 2.20. The van der Waals surface area contributed by atoms with Crippen molar-refractivity contribution < 1.29 is 9.53 Å². The van der Waals surface area contributed by atoms with Crippen molar-refractivity contribution >= 4 is 33.5 Å². The Kier molecular flexibility index (Phi) is 3.98. The number of hydrogen-bond donors (Lipinski definition) is 1. The number of carbonyl (C=O) groups excluding carboxylic acids is 1. The molecule has 0 bridgehead atoms. The molecule has 1 heterocycles. The van der Waals surface area contributed by atoms with E-state index in [0.29, 0.717) is 10.7 Å². The summed E-state index contributed by atoms with van der Waals surface area (Å²) >= 11 is 9.24. The number of hydrogen-bond acceptors (Lipinski definition) is 4. The first-order valence-corrected chi connectivity index (χ1v) is 6.34. The van der Waals surface area contributed by atoms with Crippen molar-refractivity contribution in [2.75, 3.05) is 6.61 Å². The van der Waals surface area contributed by atoms with Crippen LogP contribution in [0.1, 0.15) is 17.4 Å². The lowest BCUT2D eigenvalue weighted by molar-refractivity contribution is 0.0520. The minimum atomic E-state index is -0.511. The van der Waals surface area contributed by atoms with Crippen molar-refractivity contribution in [1.29, 1.82) is 0 Å². The zero-order valence-corrected chi connectivity index (χ0v) is 11.7. The van der Waals surface area contributed by atoms with E-state index in [1.165, 1.54) is 0 Å². The Hall–Kier alpha value is -1.40. The van der Waals surface area contributed by atoms with E-state index < -0.39 is 5.97 Å². The SMILES string of the molecule is CCOC(=O)c1n[nH]nc1-c1ccc(Cl)cc1Br. The van der Waals surface area contributed by atoms with Gasteiger partial charge in [-0.15, -0.1) is 5.10 Å². The third-order valence-corrected chi connectivity index (χ3v) is 3.09. The molecule has 0 spiro atoms. The summed E-state index contributed by atoms with van der Waals surface area (Å²) < 4.78 is 5.64. The Bertz CT molecular complexity index is 585. The molecule has 0 aliphatic rings. The number of rotatable bonds is 3. The molecule has 0 saturated heterocycles. The first-order chi connectivity index (χ1) is 8.63. The van der Waals surface area contributed by atoms with Gasteiger partial charge in [0.15, 0.2) is 5.69 Å². The van der Waals surface area contributed by atoms with Gasteiger partial charge in [0.1, 0.15) is 5.69 Å². The van der Waals surface area contributed by atoms with Gasteiger partial charge in [0.25, 0.3) is 0 Å². The molecule has 0 aliphatic carbocycles. The zero-order valence-electron chi connectivity index (χ0n) is 9.41. The number of ether oxygens (including phenoxy) is 1. The molecule has 0 atom stereocenters. The van der Waals surface area contributed by atoms with E-state index in [0.717, 1.165) is 10.0 Å². The maximum atomic E-state index is 11.7. The van der Waals surface area contributed by atoms with Gasteiger partial charge in [-0.05, 0) is 19.1 Å². The molecular weight excluding hydrogens is 321 g/mol. The Morgan fingerprint density at radius 3 is 2.94 bits per heavy atom. The minimum absolute atomic E-state index is 0.153. The number of nitrogens with zero attached hydrogens (tertiary/aromatic N) is 2. The van der Waals surface area contributed by atoms with Crippen LogP contribution in [0, 0.1) is 0 Å². The molecule has 0 aliphatic heterocycles. The summed E-state index contributed by atoms with van der Waals surface area (Å²) in [5.41, 5.74) is 1.30. The number of halogens is 2. The van der Waals surface area contributed by atoms with E-state index in [2.05, 4.69) is 31.3 Å². The van der Waals surface area contributed by atoms with Crippen molar-refractivity contribution in [1.82, 2.24) is 15.4 Å². The zero-order chi connectivity index (χ0) is 13.1. The number of nitrogens with one attached hydrogen (secondary N) is 1. The summed E-state index contributed by atoms with van der Waals surface area (Å²) in [5.74, 6) is -0.511. The van der Waals surface area contributed by atoms with Gasteiger partial charge in [0, 0.05) is 15.1 Å². The van der Waals surface area contributed by atoms with Crippen LogP contribution >= 0.6 is 27.5 Å². The van der Waals surface area contributed by atoms with E-state index in [4.69, 9.17) is 16.3 Å². The lowest BCUT2D eigenvalue weighted by atomic mass is 10.1. The highest BCUT2D eigenvalue weighted by atomic mass is 79.9. The van der Waals surface area contributed by atoms with E-state index in [-0.39, 0.29) is 12.3 Å². The van der Waals surface area contributed by atoms with Crippen LogP contribution in [0.25, 0.3) is 11.3 Å². The first kappa shape index (κ1) is 13.0. The fraction of sp³-hybridized carbons (Fsp3) is 0.182. The predicted octanol–water partition coefficient (Wildman–Crippen LogP) is 3.06. The summed E-state index contributed by atoms with van der Waals surface area (Å²) in [4.78, 5) is 11.7. The molecule has 94 valence electrons. The van der Waals surface area contributed by atoms with Crippen molar-refractivity contribution in [3.63, 3.8) is 0 Å². The van der Waals surface area contributed by atoms with Crippen molar-refractivity contribution in [2.45, 2.75) is 6.92 Å². The number of aromatic amines is 1. The molecule has 18 heavy (non-hydrogen) atoms. The maximum Gasteiger partial charge on any atom is 0.361 e.